The van der Waals surface area contributed by atoms with Crippen LogP contribution in [0.2, 0.25) is 0 Å². The van der Waals surface area contributed by atoms with Gasteiger partial charge in [-0.2, -0.15) is 13.2 Å². The van der Waals surface area contributed by atoms with Crippen LogP contribution >= 0.6 is 0 Å². The fourth-order valence-electron chi connectivity index (χ4n) is 5.23. The average Bonchev–Trinajstić information content (AvgIpc) is 3.57. The molecule has 3 amide bonds. The Kier molecular flexibility index (Phi) is 14.1. The Balaban J connectivity index is 0.000000248. The van der Waals surface area contributed by atoms with Crippen LogP contribution in [0.3, 0.4) is 0 Å². The summed E-state index contributed by atoms with van der Waals surface area (Å²) in [5.74, 6) is -0.745. The standard InChI is InChI=1S/C18H30N4O2.C14H15F3N2O2/c1-3-19-16(9-12-23)6-4-5-15-7-8-17(13-20-15)22-11-10-21(2)18(24)14-22;15-14(16,17)11-5-3-4-10(8-11)13(21)18-9-12(20)19-6-1-2-7-19/h7-8,13,16,19,23H,3-6,9-12,14H2,1-2H3;3-5,8H,1-2,6-7,9H2,(H,18,21)/t16-;/m0./s1. The summed E-state index contributed by atoms with van der Waals surface area (Å²) in [5, 5.41) is 14.8. The van der Waals surface area contributed by atoms with Gasteiger partial charge in [0.25, 0.3) is 5.91 Å². The number of nitrogens with zero attached hydrogens (tertiary/aromatic N) is 4. The zero-order valence-electron chi connectivity index (χ0n) is 26.1. The zero-order chi connectivity index (χ0) is 32.8. The van der Waals surface area contributed by atoms with Gasteiger partial charge in [0.2, 0.25) is 11.8 Å². The van der Waals surface area contributed by atoms with Gasteiger partial charge in [-0.15, -0.1) is 0 Å². The van der Waals surface area contributed by atoms with Gasteiger partial charge in [-0.05, 0) is 75.4 Å². The Labute approximate surface area is 263 Å². The molecule has 1 aromatic heterocycles. The van der Waals surface area contributed by atoms with E-state index in [0.717, 1.165) is 81.7 Å². The van der Waals surface area contributed by atoms with Crippen molar-refractivity contribution in [1.29, 1.82) is 0 Å². The normalized spacial score (nSPS) is 15.9. The third-order valence-corrected chi connectivity index (χ3v) is 7.90. The van der Waals surface area contributed by atoms with Gasteiger partial charge in [0.05, 0.1) is 30.5 Å². The highest BCUT2D eigenvalue weighted by Gasteiger charge is 2.31. The number of aliphatic hydroxyl groups excluding tert-OH is 1. The first kappa shape index (κ1) is 35.8. The van der Waals surface area contributed by atoms with Crippen LogP contribution in [0.1, 0.15) is 60.6 Å². The SMILES string of the molecule is CCN[C@H](CCO)CCCc1ccc(N2CCN(C)C(=O)C2)cn1.O=C(NCC(=O)N1CCCC1)c1cccc(C(F)(F)F)c1. The van der Waals surface area contributed by atoms with Gasteiger partial charge < -0.3 is 30.4 Å². The van der Waals surface area contributed by atoms with E-state index in [-0.39, 0.29) is 30.5 Å². The first-order valence-electron chi connectivity index (χ1n) is 15.5. The van der Waals surface area contributed by atoms with Crippen molar-refractivity contribution in [2.45, 2.75) is 57.7 Å². The number of likely N-dealkylation sites (tertiary alicyclic amines) is 1. The van der Waals surface area contributed by atoms with Crippen LogP contribution < -0.4 is 15.5 Å². The fraction of sp³-hybridized carbons (Fsp3) is 0.562. The van der Waals surface area contributed by atoms with Gasteiger partial charge in [0.1, 0.15) is 0 Å². The largest absolute Gasteiger partial charge is 0.416 e. The monoisotopic (exact) mass is 634 g/mol. The molecule has 1 atom stereocenters. The third-order valence-electron chi connectivity index (χ3n) is 7.90. The summed E-state index contributed by atoms with van der Waals surface area (Å²) >= 11 is 0. The summed E-state index contributed by atoms with van der Waals surface area (Å²) in [6.45, 7) is 6.43. The van der Waals surface area contributed by atoms with Gasteiger partial charge in [0, 0.05) is 57.1 Å². The fourth-order valence-corrected chi connectivity index (χ4v) is 5.23. The summed E-state index contributed by atoms with van der Waals surface area (Å²) in [5.41, 5.74) is 1.10. The minimum Gasteiger partial charge on any atom is -0.396 e. The van der Waals surface area contributed by atoms with Crippen LogP contribution in [0.15, 0.2) is 42.6 Å². The minimum atomic E-state index is -4.50. The van der Waals surface area contributed by atoms with E-state index < -0.39 is 17.6 Å². The zero-order valence-corrected chi connectivity index (χ0v) is 26.1. The molecule has 3 N–H and O–H groups in total. The second kappa shape index (κ2) is 17.7. The number of carbonyl (C=O) groups is 3. The van der Waals surface area contributed by atoms with E-state index in [1.807, 2.05) is 13.2 Å². The molecule has 248 valence electrons. The molecule has 2 saturated heterocycles. The first-order chi connectivity index (χ1) is 21.5. The Morgan fingerprint density at radius 1 is 1.07 bits per heavy atom. The van der Waals surface area contributed by atoms with Crippen molar-refractivity contribution in [3.8, 4) is 0 Å². The number of hydrogen-bond donors (Lipinski definition) is 3. The van der Waals surface area contributed by atoms with Crippen molar-refractivity contribution < 1.29 is 32.7 Å². The lowest BCUT2D eigenvalue weighted by atomic mass is 10.1. The highest BCUT2D eigenvalue weighted by molar-refractivity contribution is 5.96. The van der Waals surface area contributed by atoms with Gasteiger partial charge in [-0.25, -0.2) is 0 Å². The number of halogens is 3. The second-order valence-corrected chi connectivity index (χ2v) is 11.3. The number of anilines is 1. The number of rotatable bonds is 12. The molecule has 0 bridgehead atoms. The van der Waals surface area contributed by atoms with E-state index in [9.17, 15) is 27.6 Å². The van der Waals surface area contributed by atoms with Crippen molar-refractivity contribution >= 4 is 23.4 Å². The molecular weight excluding hydrogens is 589 g/mol. The lowest BCUT2D eigenvalue weighted by Gasteiger charge is -2.33. The van der Waals surface area contributed by atoms with E-state index >= 15 is 0 Å². The topological polar surface area (TPSA) is 118 Å². The molecule has 0 saturated carbocycles. The number of piperazine rings is 1. The van der Waals surface area contributed by atoms with Gasteiger partial charge >= 0.3 is 6.18 Å². The molecule has 2 aromatic rings. The van der Waals surface area contributed by atoms with Crippen LogP contribution in [0.5, 0.6) is 0 Å². The molecule has 10 nitrogen and oxygen atoms in total. The highest BCUT2D eigenvalue weighted by Crippen LogP contribution is 2.29. The van der Waals surface area contributed by atoms with Crippen LogP contribution in [0.4, 0.5) is 18.9 Å². The maximum Gasteiger partial charge on any atom is 0.416 e. The number of likely N-dealkylation sites (N-methyl/N-ethyl adjacent to an activating group) is 1. The van der Waals surface area contributed by atoms with Crippen molar-refractivity contribution in [3.05, 3.63) is 59.4 Å². The molecule has 3 heterocycles. The lowest BCUT2D eigenvalue weighted by molar-refractivity contribution is -0.137. The summed E-state index contributed by atoms with van der Waals surface area (Å²) in [7, 11) is 1.85. The number of aryl methyl sites for hydroxylation is 1. The number of amides is 3. The maximum atomic E-state index is 12.6. The van der Waals surface area contributed by atoms with Crippen LogP contribution in [-0.4, -0.2) is 103 Å². The van der Waals surface area contributed by atoms with E-state index in [1.165, 1.54) is 12.1 Å². The van der Waals surface area contributed by atoms with Crippen LogP contribution in [0.25, 0.3) is 0 Å². The average molecular weight is 635 g/mol. The van der Waals surface area contributed by atoms with Gasteiger partial charge in [0.15, 0.2) is 0 Å². The predicted octanol–water partition coefficient (Wildman–Crippen LogP) is 3.10. The van der Waals surface area contributed by atoms with Crippen molar-refractivity contribution in [1.82, 2.24) is 25.4 Å². The molecule has 0 spiro atoms. The highest BCUT2D eigenvalue weighted by atomic mass is 19.4. The molecule has 2 aliphatic heterocycles. The Morgan fingerprint density at radius 2 is 1.82 bits per heavy atom. The number of aliphatic hydroxyl groups is 1. The van der Waals surface area contributed by atoms with E-state index in [1.54, 1.807) is 9.80 Å². The van der Waals surface area contributed by atoms with Crippen LogP contribution in [-0.2, 0) is 22.2 Å². The molecule has 0 aliphatic carbocycles. The second-order valence-electron chi connectivity index (χ2n) is 11.3. The van der Waals surface area contributed by atoms with E-state index in [4.69, 9.17) is 5.11 Å². The molecule has 2 aliphatic rings. The van der Waals surface area contributed by atoms with Crippen molar-refractivity contribution in [2.24, 2.45) is 0 Å². The van der Waals surface area contributed by atoms with Crippen molar-refractivity contribution in [2.75, 3.05) is 64.4 Å². The van der Waals surface area contributed by atoms with Crippen LogP contribution in [0, 0.1) is 0 Å². The summed E-state index contributed by atoms with van der Waals surface area (Å²) in [4.78, 5) is 45.4. The summed E-state index contributed by atoms with van der Waals surface area (Å²) < 4.78 is 37.7. The maximum absolute atomic E-state index is 12.6. The molecule has 0 unspecified atom stereocenters. The summed E-state index contributed by atoms with van der Waals surface area (Å²) in [6.07, 6.45) is 3.10. The van der Waals surface area contributed by atoms with E-state index in [2.05, 4.69) is 39.6 Å². The number of carbonyl (C=O) groups excluding carboxylic acids is 3. The predicted molar refractivity (Wildman–Crippen MR) is 166 cm³/mol. The molecular formula is C32H45F3N6O4. The smallest absolute Gasteiger partial charge is 0.396 e. The molecule has 13 heteroatoms. The quantitative estimate of drug-likeness (QED) is 0.329. The number of nitrogens with one attached hydrogen (secondary N) is 2. The molecule has 4 rings (SSSR count). The number of benzene rings is 1. The molecule has 45 heavy (non-hydrogen) atoms. The van der Waals surface area contributed by atoms with Crippen molar-refractivity contribution in [3.63, 3.8) is 0 Å². The summed E-state index contributed by atoms with van der Waals surface area (Å²) in [6, 6.07) is 8.63. The number of aromatic nitrogens is 1. The van der Waals surface area contributed by atoms with E-state index in [0.29, 0.717) is 25.7 Å². The number of hydrogen-bond acceptors (Lipinski definition) is 7. The molecule has 1 aromatic carbocycles. The van der Waals surface area contributed by atoms with Gasteiger partial charge in [-0.3, -0.25) is 19.4 Å². The first-order valence-corrected chi connectivity index (χ1v) is 15.5. The Hall–Kier alpha value is -3.71. The Bertz CT molecular complexity index is 1230. The third kappa shape index (κ3) is 11.6. The number of pyridine rings is 1. The molecule has 0 radical (unpaired) electrons. The van der Waals surface area contributed by atoms with Gasteiger partial charge in [-0.1, -0.05) is 13.0 Å². The number of alkyl halides is 3. The minimum absolute atomic E-state index is 0.112. The lowest BCUT2D eigenvalue weighted by Crippen LogP contribution is -2.48. The molecule has 2 fully saturated rings. The Morgan fingerprint density at radius 3 is 2.44 bits per heavy atom.